The second kappa shape index (κ2) is 40.5. The highest BCUT2D eigenvalue weighted by Crippen LogP contribution is 2.24. The number of likely N-dealkylation sites (N-methyl/N-ethyl adjacent to an activating group) is 7. The SMILES string of the molecule is CC[C@H](C)[C@H]1C(=O)N[C@H](C(=O)N2CCCCC2)CC(=O)N(C)CC(=O)N(C)[C@@H](Cc2ccccc2)C(=O)N[C@@H](CCCc2ccccc2)C(=O)N(C)[C@@H](CC(C)C)C(=O)N[C@@H]([C@@H](C)O)C(=O)N(C)CC(=O)N(C)[C@@H](Cc2ccccc2)C(=O)N(C)[C@@H](CC(C)C)C(=O)N[C@@H](COC(C)(C)C)C(=O)N1C. The van der Waals surface area contributed by atoms with Crippen LogP contribution in [0, 0.1) is 17.8 Å². The summed E-state index contributed by atoms with van der Waals surface area (Å²) in [5.74, 6) is -9.90. The van der Waals surface area contributed by atoms with E-state index in [9.17, 15) is 33.9 Å². The summed E-state index contributed by atoms with van der Waals surface area (Å²) in [5.41, 5.74) is 1.39. The highest BCUT2D eigenvalue weighted by atomic mass is 16.5. The van der Waals surface area contributed by atoms with Gasteiger partial charge >= 0.3 is 0 Å². The maximum Gasteiger partial charge on any atom is 0.248 e. The molecule has 5 N–H and O–H groups in total. The number of aryl methyl sites for hydroxylation is 1. The maximum absolute atomic E-state index is 15.4. The molecule has 3 aromatic carbocycles. The molecule has 11 atom stereocenters. The lowest BCUT2D eigenvalue weighted by Gasteiger charge is -2.38. The van der Waals surface area contributed by atoms with Crippen LogP contribution in [-0.4, -0.2) is 263 Å². The van der Waals surface area contributed by atoms with Crippen LogP contribution >= 0.6 is 0 Å². The summed E-state index contributed by atoms with van der Waals surface area (Å²) in [6, 6.07) is 14.8. The summed E-state index contributed by atoms with van der Waals surface area (Å²) in [4.78, 5) is 190. The van der Waals surface area contributed by atoms with Gasteiger partial charge in [0, 0.05) is 75.3 Å². The second-order valence-corrected chi connectivity index (χ2v) is 30.1. The van der Waals surface area contributed by atoms with Crippen molar-refractivity contribution < 1.29 is 67.4 Å². The number of aliphatic hydroxyl groups is 1. The fraction of sp³-hybridized carbons (Fsp3) is 0.615. The second-order valence-electron chi connectivity index (χ2n) is 30.1. The van der Waals surface area contributed by atoms with Crippen molar-refractivity contribution in [3.63, 3.8) is 0 Å². The topological polar surface area (TPSA) is 308 Å². The van der Waals surface area contributed by atoms with Gasteiger partial charge in [-0.3, -0.25) is 57.5 Å². The van der Waals surface area contributed by atoms with Crippen molar-refractivity contribution >= 4 is 70.9 Å². The van der Waals surface area contributed by atoms with E-state index in [1.165, 1.54) is 80.8 Å². The van der Waals surface area contributed by atoms with Gasteiger partial charge in [0.15, 0.2) is 0 Å². The van der Waals surface area contributed by atoms with Crippen molar-refractivity contribution in [1.82, 2.24) is 60.5 Å². The van der Waals surface area contributed by atoms with Crippen molar-refractivity contribution in [2.45, 2.75) is 212 Å². The van der Waals surface area contributed by atoms with Crippen LogP contribution in [0.25, 0.3) is 0 Å². The van der Waals surface area contributed by atoms with Crippen LogP contribution < -0.4 is 21.3 Å². The number of amides is 12. The average Bonchev–Trinajstić information content (AvgIpc) is 0.819. The monoisotopic (exact) mass is 1450 g/mol. The molecular formula is C78H118N12O14. The van der Waals surface area contributed by atoms with E-state index in [2.05, 4.69) is 21.3 Å². The number of benzene rings is 3. The normalized spacial score (nSPS) is 24.2. The molecule has 2 fully saturated rings. The van der Waals surface area contributed by atoms with Gasteiger partial charge in [0.25, 0.3) is 0 Å². The third-order valence-electron chi connectivity index (χ3n) is 19.7. The van der Waals surface area contributed by atoms with Gasteiger partial charge in [-0.05, 0) is 114 Å². The molecular weight excluding hydrogens is 1330 g/mol. The summed E-state index contributed by atoms with van der Waals surface area (Å²) in [6.07, 6.45) is 1.28. The minimum Gasteiger partial charge on any atom is -0.391 e. The molecule has 0 aliphatic carbocycles. The zero-order chi connectivity index (χ0) is 77.4. The van der Waals surface area contributed by atoms with Gasteiger partial charge in [-0.1, -0.05) is 139 Å². The molecule has 0 unspecified atom stereocenters. The Labute approximate surface area is 616 Å². The van der Waals surface area contributed by atoms with Gasteiger partial charge in [0.1, 0.15) is 54.4 Å². The number of rotatable bonds is 18. The van der Waals surface area contributed by atoms with E-state index in [4.69, 9.17) is 4.74 Å². The highest BCUT2D eigenvalue weighted by Gasteiger charge is 2.44. The lowest BCUT2D eigenvalue weighted by molar-refractivity contribution is -0.151. The molecule has 2 aliphatic heterocycles. The summed E-state index contributed by atoms with van der Waals surface area (Å²) in [5, 5.41) is 22.7. The standard InChI is InChI=1S/C78H118N12O14/c1-18-52(6)68-72(98)80-58(75(101)90-40-29-22-30-41-90)46-64(92)83(11)47-65(93)85(13)62(44-55-34-25-20-26-35-55)70(96)79-57(39-31-38-54-32-23-19-24-33-54)73(99)87(15)61(43-51(4)5)71(97)82-67(53(7)91)77(103)84(12)48-66(94)86(14)63(45-56-36-27-21-28-37-56)76(102)88(16)60(42-50(2)3)69(95)81-59(74(100)89(68)17)49-104-78(8,9)10/h19-21,23-28,32-37,50-53,57-63,67-68,91H,18,22,29-31,38-49H2,1-17H3,(H,79,96)(H,80,98)(H,81,95)(H,82,97)/t52-,53+,57-,58-,59-,60-,61-,62-,63-,67-,68-/m0/s1. The number of nitrogens with one attached hydrogen (secondary N) is 4. The fourth-order valence-electron chi connectivity index (χ4n) is 13.1. The molecule has 26 heteroatoms. The Hall–Kier alpha value is -8.78. The quantitative estimate of drug-likeness (QED) is 0.119. The van der Waals surface area contributed by atoms with Crippen molar-refractivity contribution in [3.05, 3.63) is 108 Å². The third kappa shape index (κ3) is 25.2. The molecule has 2 aliphatic rings. The van der Waals surface area contributed by atoms with Gasteiger partial charge in [-0.25, -0.2) is 0 Å². The van der Waals surface area contributed by atoms with E-state index in [1.807, 2.05) is 65.0 Å². The number of aliphatic hydroxyl groups excluding tert-OH is 1. The van der Waals surface area contributed by atoms with Crippen molar-refractivity contribution in [1.29, 1.82) is 0 Å². The van der Waals surface area contributed by atoms with Gasteiger partial charge < -0.3 is 70.3 Å². The average molecular weight is 1450 g/mol. The molecule has 0 bridgehead atoms. The van der Waals surface area contributed by atoms with Crippen LogP contribution in [0.5, 0.6) is 0 Å². The Morgan fingerprint density at radius 1 is 0.510 bits per heavy atom. The van der Waals surface area contributed by atoms with E-state index < -0.39 is 169 Å². The largest absolute Gasteiger partial charge is 0.391 e. The first-order valence-corrected chi connectivity index (χ1v) is 36.7. The first-order valence-electron chi connectivity index (χ1n) is 36.7. The van der Waals surface area contributed by atoms with E-state index in [0.29, 0.717) is 56.3 Å². The summed E-state index contributed by atoms with van der Waals surface area (Å²) in [7, 11) is 9.69. The predicted molar refractivity (Wildman–Crippen MR) is 396 cm³/mol. The predicted octanol–water partition coefficient (Wildman–Crippen LogP) is 4.24. The number of carbonyl (C=O) groups is 12. The van der Waals surface area contributed by atoms with Gasteiger partial charge in [0.05, 0.1) is 37.8 Å². The van der Waals surface area contributed by atoms with Crippen molar-refractivity contribution in [3.8, 4) is 0 Å². The molecule has 0 radical (unpaired) electrons. The van der Waals surface area contributed by atoms with Crippen LogP contribution in [0.2, 0.25) is 0 Å². The summed E-state index contributed by atoms with van der Waals surface area (Å²) >= 11 is 0. The number of hydrogen-bond acceptors (Lipinski definition) is 14. The van der Waals surface area contributed by atoms with Crippen LogP contribution in [0.1, 0.15) is 144 Å². The summed E-state index contributed by atoms with van der Waals surface area (Å²) in [6.45, 7) is 16.5. The minimum atomic E-state index is -1.68. The van der Waals surface area contributed by atoms with Gasteiger partial charge in [-0.15, -0.1) is 0 Å². The molecule has 0 spiro atoms. The Bertz CT molecular complexity index is 3360. The maximum atomic E-state index is 15.4. The van der Waals surface area contributed by atoms with Crippen LogP contribution in [-0.2, 0) is 81.5 Å². The van der Waals surface area contributed by atoms with E-state index in [1.54, 1.807) is 93.3 Å². The van der Waals surface area contributed by atoms with Crippen molar-refractivity contribution in [2.75, 3.05) is 82.1 Å². The molecule has 0 saturated carbocycles. The molecule has 0 aromatic heterocycles. The Balaban J connectivity index is 1.69. The van der Waals surface area contributed by atoms with Crippen LogP contribution in [0.3, 0.4) is 0 Å². The smallest absolute Gasteiger partial charge is 0.248 e. The number of likely N-dealkylation sites (tertiary alicyclic amines) is 1. The van der Waals surface area contributed by atoms with Gasteiger partial charge in [-0.2, -0.15) is 0 Å². The molecule has 12 amide bonds. The van der Waals surface area contributed by atoms with Crippen molar-refractivity contribution in [2.24, 2.45) is 17.8 Å². The molecule has 2 saturated heterocycles. The first-order chi connectivity index (χ1) is 49.0. The lowest BCUT2D eigenvalue weighted by Crippen LogP contribution is -2.62. The summed E-state index contributed by atoms with van der Waals surface area (Å²) < 4.78 is 6.21. The molecule has 574 valence electrons. The molecule has 3 aromatic rings. The van der Waals surface area contributed by atoms with Crippen LogP contribution in [0.15, 0.2) is 91.0 Å². The third-order valence-corrected chi connectivity index (χ3v) is 19.7. The number of nitrogens with zero attached hydrogens (tertiary/aromatic N) is 8. The zero-order valence-electron chi connectivity index (χ0n) is 64.5. The minimum absolute atomic E-state index is 0.0451. The Kier molecular flexibility index (Phi) is 33.4. The molecule has 104 heavy (non-hydrogen) atoms. The Morgan fingerprint density at radius 3 is 1.46 bits per heavy atom. The fourth-order valence-corrected chi connectivity index (χ4v) is 13.1. The highest BCUT2D eigenvalue weighted by molar-refractivity contribution is 6.00. The Morgan fingerprint density at radius 2 is 0.962 bits per heavy atom. The number of piperidine rings is 1. The zero-order valence-corrected chi connectivity index (χ0v) is 64.5. The molecule has 2 heterocycles. The van der Waals surface area contributed by atoms with E-state index in [0.717, 1.165) is 21.8 Å². The van der Waals surface area contributed by atoms with Gasteiger partial charge in [0.2, 0.25) is 70.9 Å². The van der Waals surface area contributed by atoms with E-state index >= 15 is 28.8 Å². The molecule has 26 nitrogen and oxygen atoms in total. The number of hydrogen-bond donors (Lipinski definition) is 5. The first kappa shape index (κ1) is 85.9. The lowest BCUT2D eigenvalue weighted by atomic mass is 9.95. The van der Waals surface area contributed by atoms with E-state index in [-0.39, 0.29) is 43.9 Å². The molecule has 5 rings (SSSR count). The number of ether oxygens (including phenoxy) is 1. The number of carbonyl (C=O) groups excluding carboxylic acids is 12. The van der Waals surface area contributed by atoms with Crippen LogP contribution in [0.4, 0.5) is 0 Å².